The molecule has 2 amide bonds. The van der Waals surface area contributed by atoms with E-state index in [0.717, 1.165) is 5.56 Å². The minimum atomic E-state index is -0.967. The molecule has 0 unspecified atom stereocenters. The van der Waals surface area contributed by atoms with Gasteiger partial charge in [0.1, 0.15) is 11.4 Å². The van der Waals surface area contributed by atoms with E-state index in [4.69, 9.17) is 4.74 Å². The third-order valence-electron chi connectivity index (χ3n) is 5.43. The topological polar surface area (TPSA) is 102 Å². The molecule has 8 heteroatoms. The van der Waals surface area contributed by atoms with Crippen molar-refractivity contribution >= 4 is 23.2 Å². The molecule has 2 aromatic carbocycles. The highest BCUT2D eigenvalue weighted by Gasteiger charge is 2.43. The van der Waals surface area contributed by atoms with Crippen molar-refractivity contribution in [1.82, 2.24) is 10.2 Å². The monoisotopic (exact) mass is 407 g/mol. The van der Waals surface area contributed by atoms with Crippen LogP contribution >= 0.6 is 0 Å². The molecule has 8 nitrogen and oxygen atoms in total. The Morgan fingerprint density at radius 2 is 1.93 bits per heavy atom. The predicted octanol–water partition coefficient (Wildman–Crippen LogP) is 3.53. The van der Waals surface area contributed by atoms with E-state index < -0.39 is 10.5 Å². The van der Waals surface area contributed by atoms with Gasteiger partial charge in [0.2, 0.25) is 5.91 Å². The Kier molecular flexibility index (Phi) is 4.38. The smallest absolute Gasteiger partial charge is 0.273 e. The molecular formula is C22H21N3O5. The molecule has 2 heterocycles. The van der Waals surface area contributed by atoms with Crippen molar-refractivity contribution in [2.45, 2.75) is 39.8 Å². The Bertz CT molecular complexity index is 1150. The van der Waals surface area contributed by atoms with E-state index in [1.807, 2.05) is 12.1 Å². The number of nitro benzene ring substituents is 1. The Labute approximate surface area is 173 Å². The first-order valence-corrected chi connectivity index (χ1v) is 9.51. The Balaban J connectivity index is 2.02. The molecule has 154 valence electrons. The normalized spacial score (nSPS) is 16.7. The number of hydrogen-bond acceptors (Lipinski definition) is 5. The number of nitro groups is 1. The van der Waals surface area contributed by atoms with Crippen LogP contribution in [0.5, 0.6) is 5.75 Å². The van der Waals surface area contributed by atoms with Gasteiger partial charge in [0.15, 0.2) is 0 Å². The van der Waals surface area contributed by atoms with Crippen molar-refractivity contribution in [3.8, 4) is 5.75 Å². The molecule has 2 aliphatic rings. The number of rotatable bonds is 3. The number of amides is 2. The molecule has 30 heavy (non-hydrogen) atoms. The highest BCUT2D eigenvalue weighted by molar-refractivity contribution is 6.05. The Hall–Kier alpha value is -3.68. The second-order valence-corrected chi connectivity index (χ2v) is 7.91. The van der Waals surface area contributed by atoms with Crippen LogP contribution < -0.4 is 10.1 Å². The fourth-order valence-electron chi connectivity index (χ4n) is 4.08. The number of ether oxygens (including phenoxy) is 1. The summed E-state index contributed by atoms with van der Waals surface area (Å²) in [7, 11) is 0. The standard InChI is InChI=1S/C22H21N3O5/c1-12-16(25(28)29)9-10-17-18(12)19(20(23-13(2)26)22(3,4)30-17)24-11-14-7-5-6-8-15(14)21(24)27/h5-10H,11H2,1-4H3,(H,23,26). The molecule has 0 saturated heterocycles. The molecule has 0 spiro atoms. The van der Waals surface area contributed by atoms with E-state index >= 15 is 0 Å². The highest BCUT2D eigenvalue weighted by atomic mass is 16.6. The summed E-state index contributed by atoms with van der Waals surface area (Å²) >= 11 is 0. The van der Waals surface area contributed by atoms with E-state index in [1.54, 1.807) is 43.9 Å². The number of hydrogen-bond donors (Lipinski definition) is 1. The largest absolute Gasteiger partial charge is 0.481 e. The van der Waals surface area contributed by atoms with Gasteiger partial charge in [-0.25, -0.2) is 0 Å². The molecule has 0 aliphatic carbocycles. The van der Waals surface area contributed by atoms with Crippen molar-refractivity contribution in [3.63, 3.8) is 0 Å². The van der Waals surface area contributed by atoms with Gasteiger partial charge in [-0.3, -0.25) is 19.7 Å². The summed E-state index contributed by atoms with van der Waals surface area (Å²) in [6.07, 6.45) is 0. The molecule has 0 aromatic heterocycles. The summed E-state index contributed by atoms with van der Waals surface area (Å²) < 4.78 is 6.12. The zero-order valence-electron chi connectivity index (χ0n) is 17.1. The maximum absolute atomic E-state index is 13.3. The summed E-state index contributed by atoms with van der Waals surface area (Å²) in [6.45, 7) is 6.86. The van der Waals surface area contributed by atoms with Crippen LogP contribution in [0.4, 0.5) is 5.69 Å². The lowest BCUT2D eigenvalue weighted by atomic mass is 9.90. The number of fused-ring (bicyclic) bond motifs is 2. The second-order valence-electron chi connectivity index (χ2n) is 7.91. The van der Waals surface area contributed by atoms with Gasteiger partial charge in [0.25, 0.3) is 11.6 Å². The van der Waals surface area contributed by atoms with Crippen LogP contribution in [-0.4, -0.2) is 27.2 Å². The third-order valence-corrected chi connectivity index (χ3v) is 5.43. The van der Waals surface area contributed by atoms with Crippen molar-refractivity contribution < 1.29 is 19.2 Å². The lowest BCUT2D eigenvalue weighted by Gasteiger charge is -2.39. The van der Waals surface area contributed by atoms with Gasteiger partial charge in [-0.2, -0.15) is 0 Å². The van der Waals surface area contributed by atoms with Gasteiger partial charge in [-0.15, -0.1) is 0 Å². The van der Waals surface area contributed by atoms with Gasteiger partial charge in [-0.1, -0.05) is 18.2 Å². The lowest BCUT2D eigenvalue weighted by molar-refractivity contribution is -0.385. The molecule has 2 aromatic rings. The van der Waals surface area contributed by atoms with Crippen LogP contribution in [0.25, 0.3) is 5.70 Å². The first kappa shape index (κ1) is 19.6. The minimum absolute atomic E-state index is 0.0825. The van der Waals surface area contributed by atoms with Gasteiger partial charge in [-0.05, 0) is 38.5 Å². The molecule has 0 bridgehead atoms. The zero-order chi connectivity index (χ0) is 21.8. The first-order valence-electron chi connectivity index (χ1n) is 9.51. The summed E-state index contributed by atoms with van der Waals surface area (Å²) in [5.41, 5.74) is 2.01. The number of carbonyl (C=O) groups is 2. The summed E-state index contributed by atoms with van der Waals surface area (Å²) in [5, 5.41) is 14.4. The zero-order valence-corrected chi connectivity index (χ0v) is 17.1. The molecule has 1 N–H and O–H groups in total. The molecule has 0 fully saturated rings. The molecule has 4 rings (SSSR count). The quantitative estimate of drug-likeness (QED) is 0.619. The van der Waals surface area contributed by atoms with Gasteiger partial charge in [0, 0.05) is 24.1 Å². The van der Waals surface area contributed by atoms with Gasteiger partial charge >= 0.3 is 0 Å². The average molecular weight is 407 g/mol. The first-order chi connectivity index (χ1) is 14.1. The van der Waals surface area contributed by atoms with E-state index in [0.29, 0.717) is 40.4 Å². The summed E-state index contributed by atoms with van der Waals surface area (Å²) in [5.74, 6) is -0.121. The van der Waals surface area contributed by atoms with Gasteiger partial charge in [0.05, 0.1) is 28.4 Å². The van der Waals surface area contributed by atoms with E-state index in [2.05, 4.69) is 5.32 Å². The van der Waals surface area contributed by atoms with Crippen molar-refractivity contribution in [3.05, 3.63) is 74.5 Å². The molecule has 2 aliphatic heterocycles. The van der Waals surface area contributed by atoms with Crippen molar-refractivity contribution in [2.75, 3.05) is 0 Å². The number of nitrogens with one attached hydrogen (secondary N) is 1. The number of carbonyl (C=O) groups excluding carboxylic acids is 2. The molecule has 0 atom stereocenters. The molecule has 0 radical (unpaired) electrons. The van der Waals surface area contributed by atoms with Crippen LogP contribution in [0.15, 0.2) is 42.1 Å². The van der Waals surface area contributed by atoms with Gasteiger partial charge < -0.3 is 15.0 Å². The minimum Gasteiger partial charge on any atom is -0.481 e. The third kappa shape index (κ3) is 2.92. The maximum Gasteiger partial charge on any atom is 0.273 e. The highest BCUT2D eigenvalue weighted by Crippen LogP contribution is 2.47. The molecule has 0 saturated carbocycles. The number of nitrogens with zero attached hydrogens (tertiary/aromatic N) is 2. The van der Waals surface area contributed by atoms with Crippen LogP contribution in [0.2, 0.25) is 0 Å². The lowest BCUT2D eigenvalue weighted by Crippen LogP contribution is -2.45. The maximum atomic E-state index is 13.3. The number of benzene rings is 2. The van der Waals surface area contributed by atoms with E-state index in [-0.39, 0.29) is 17.5 Å². The van der Waals surface area contributed by atoms with Crippen molar-refractivity contribution in [1.29, 1.82) is 0 Å². The fourth-order valence-corrected chi connectivity index (χ4v) is 4.08. The van der Waals surface area contributed by atoms with Crippen LogP contribution in [0, 0.1) is 17.0 Å². The van der Waals surface area contributed by atoms with Crippen LogP contribution in [0.1, 0.15) is 47.8 Å². The predicted molar refractivity (Wildman–Crippen MR) is 110 cm³/mol. The van der Waals surface area contributed by atoms with Crippen molar-refractivity contribution in [2.24, 2.45) is 0 Å². The Morgan fingerprint density at radius 3 is 2.57 bits per heavy atom. The summed E-state index contributed by atoms with van der Waals surface area (Å²) in [4.78, 5) is 38.0. The Morgan fingerprint density at radius 1 is 1.23 bits per heavy atom. The summed E-state index contributed by atoms with van der Waals surface area (Å²) in [6, 6.07) is 10.2. The molecular weight excluding hydrogens is 386 g/mol. The SMILES string of the molecule is CC(=O)NC1=C(N2Cc3ccccc3C2=O)c2c(ccc([N+](=O)[O-])c2C)OC1(C)C. The average Bonchev–Trinajstić information content (AvgIpc) is 2.99. The van der Waals surface area contributed by atoms with Crippen LogP contribution in [-0.2, 0) is 11.3 Å². The van der Waals surface area contributed by atoms with E-state index in [1.165, 1.54) is 13.0 Å². The second kappa shape index (κ2) is 6.69. The van der Waals surface area contributed by atoms with E-state index in [9.17, 15) is 19.7 Å². The fraction of sp³-hybridized carbons (Fsp3) is 0.273. The van der Waals surface area contributed by atoms with Crippen LogP contribution in [0.3, 0.4) is 0 Å².